The van der Waals surface area contributed by atoms with Gasteiger partial charge in [-0.3, -0.25) is 9.48 Å². The number of carbonyl (C=O) groups is 1. The molecule has 5 heteroatoms. The molecule has 0 aliphatic carbocycles. The normalized spacial score (nSPS) is 10.3. The van der Waals surface area contributed by atoms with Gasteiger partial charge in [-0.2, -0.15) is 5.10 Å². The predicted molar refractivity (Wildman–Crippen MR) is 73.6 cm³/mol. The van der Waals surface area contributed by atoms with E-state index >= 15 is 0 Å². The van der Waals surface area contributed by atoms with Crippen molar-refractivity contribution in [1.29, 1.82) is 0 Å². The Morgan fingerprint density at radius 2 is 2.00 bits per heavy atom. The van der Waals surface area contributed by atoms with Crippen molar-refractivity contribution in [3.63, 3.8) is 0 Å². The third-order valence-electron chi connectivity index (χ3n) is 3.10. The lowest BCUT2D eigenvalue weighted by atomic mass is 10.2. The van der Waals surface area contributed by atoms with Gasteiger partial charge >= 0.3 is 0 Å². The minimum Gasteiger partial charge on any atom is -0.496 e. The summed E-state index contributed by atoms with van der Waals surface area (Å²) in [5.74, 6) is 0.357. The SMILES string of the molecule is COc1ccccc1C(=O)Nc1c(C)nn(C)c1C. The molecule has 1 N–H and O–H groups in total. The van der Waals surface area contributed by atoms with Gasteiger partial charge in [-0.05, 0) is 26.0 Å². The Morgan fingerprint density at radius 3 is 2.58 bits per heavy atom. The molecule has 0 aliphatic heterocycles. The molecule has 2 rings (SSSR count). The zero-order chi connectivity index (χ0) is 14.0. The average molecular weight is 259 g/mol. The molecule has 0 atom stereocenters. The van der Waals surface area contributed by atoms with Crippen molar-refractivity contribution in [2.24, 2.45) is 7.05 Å². The summed E-state index contributed by atoms with van der Waals surface area (Å²) in [6.45, 7) is 3.78. The van der Waals surface area contributed by atoms with Crippen LogP contribution in [0.5, 0.6) is 5.75 Å². The largest absolute Gasteiger partial charge is 0.496 e. The first kappa shape index (κ1) is 13.1. The summed E-state index contributed by atoms with van der Waals surface area (Å²) in [4.78, 5) is 12.3. The van der Waals surface area contributed by atoms with E-state index in [1.807, 2.05) is 27.0 Å². The zero-order valence-electron chi connectivity index (χ0n) is 11.5. The third kappa shape index (κ3) is 2.45. The molecule has 0 unspecified atom stereocenters. The van der Waals surface area contributed by atoms with Gasteiger partial charge in [0.25, 0.3) is 5.91 Å². The first-order valence-electron chi connectivity index (χ1n) is 5.99. The average Bonchev–Trinajstić information content (AvgIpc) is 2.65. The van der Waals surface area contributed by atoms with E-state index in [0.717, 1.165) is 17.1 Å². The van der Waals surface area contributed by atoms with Crippen LogP contribution in [0.15, 0.2) is 24.3 Å². The summed E-state index contributed by atoms with van der Waals surface area (Å²) in [5, 5.41) is 7.16. The van der Waals surface area contributed by atoms with E-state index in [0.29, 0.717) is 11.3 Å². The Balaban J connectivity index is 2.31. The number of aromatic nitrogens is 2. The molecule has 0 spiro atoms. The van der Waals surface area contributed by atoms with Gasteiger partial charge in [-0.15, -0.1) is 0 Å². The molecule has 1 aromatic carbocycles. The molecule has 0 saturated heterocycles. The lowest BCUT2D eigenvalue weighted by Gasteiger charge is -2.09. The molecule has 0 bridgehead atoms. The van der Waals surface area contributed by atoms with Crippen molar-refractivity contribution in [3.05, 3.63) is 41.2 Å². The van der Waals surface area contributed by atoms with Crippen molar-refractivity contribution in [3.8, 4) is 5.75 Å². The maximum Gasteiger partial charge on any atom is 0.259 e. The van der Waals surface area contributed by atoms with Crippen molar-refractivity contribution in [2.45, 2.75) is 13.8 Å². The molecular formula is C14H17N3O2. The Kier molecular flexibility index (Phi) is 3.55. The van der Waals surface area contributed by atoms with Crippen LogP contribution in [0.2, 0.25) is 0 Å². The van der Waals surface area contributed by atoms with Crippen LogP contribution < -0.4 is 10.1 Å². The molecule has 1 amide bonds. The van der Waals surface area contributed by atoms with Crippen molar-refractivity contribution in [1.82, 2.24) is 9.78 Å². The number of methoxy groups -OCH3 is 1. The summed E-state index contributed by atoms with van der Waals surface area (Å²) in [7, 11) is 3.40. The molecule has 0 fully saturated rings. The molecule has 0 saturated carbocycles. The Labute approximate surface area is 112 Å². The van der Waals surface area contributed by atoms with Gasteiger partial charge in [-0.1, -0.05) is 12.1 Å². The lowest BCUT2D eigenvalue weighted by molar-refractivity contribution is 0.102. The molecule has 0 aliphatic rings. The Morgan fingerprint density at radius 1 is 1.32 bits per heavy atom. The number of aryl methyl sites for hydroxylation is 2. The first-order chi connectivity index (χ1) is 9.04. The first-order valence-corrected chi connectivity index (χ1v) is 5.99. The Hall–Kier alpha value is -2.30. The summed E-state index contributed by atoms with van der Waals surface area (Å²) >= 11 is 0. The molecule has 1 aromatic heterocycles. The predicted octanol–water partition coefficient (Wildman–Crippen LogP) is 2.30. The standard InChI is InChI=1S/C14H17N3O2/c1-9-13(10(2)17(3)16-9)15-14(18)11-7-5-6-8-12(11)19-4/h5-8H,1-4H3,(H,15,18). The maximum atomic E-state index is 12.3. The van der Waals surface area contributed by atoms with Crippen LogP contribution in [-0.4, -0.2) is 22.8 Å². The second kappa shape index (κ2) is 5.14. The molecule has 19 heavy (non-hydrogen) atoms. The van der Waals surface area contributed by atoms with Gasteiger partial charge in [-0.25, -0.2) is 0 Å². The third-order valence-corrected chi connectivity index (χ3v) is 3.10. The van der Waals surface area contributed by atoms with E-state index in [1.54, 1.807) is 30.0 Å². The van der Waals surface area contributed by atoms with Crippen LogP contribution in [0.4, 0.5) is 5.69 Å². The van der Waals surface area contributed by atoms with Crippen molar-refractivity contribution >= 4 is 11.6 Å². The maximum absolute atomic E-state index is 12.3. The summed E-state index contributed by atoms with van der Waals surface area (Å²) < 4.78 is 6.93. The second-order valence-corrected chi connectivity index (χ2v) is 4.32. The monoisotopic (exact) mass is 259 g/mol. The molecular weight excluding hydrogens is 242 g/mol. The minimum atomic E-state index is -0.198. The molecule has 0 radical (unpaired) electrons. The van der Waals surface area contributed by atoms with Crippen molar-refractivity contribution < 1.29 is 9.53 Å². The van der Waals surface area contributed by atoms with E-state index < -0.39 is 0 Å². The van der Waals surface area contributed by atoms with Crippen LogP contribution >= 0.6 is 0 Å². The highest BCUT2D eigenvalue weighted by Gasteiger charge is 2.16. The van der Waals surface area contributed by atoms with Crippen LogP contribution in [0.25, 0.3) is 0 Å². The van der Waals surface area contributed by atoms with Gasteiger partial charge in [0.15, 0.2) is 0 Å². The number of anilines is 1. The fraction of sp³-hybridized carbons (Fsp3) is 0.286. The summed E-state index contributed by atoms with van der Waals surface area (Å²) in [6, 6.07) is 7.13. The number of benzene rings is 1. The summed E-state index contributed by atoms with van der Waals surface area (Å²) in [5.41, 5.74) is 2.97. The van der Waals surface area contributed by atoms with Crippen LogP contribution in [0.1, 0.15) is 21.7 Å². The van der Waals surface area contributed by atoms with Crippen molar-refractivity contribution in [2.75, 3.05) is 12.4 Å². The number of amides is 1. The Bertz CT molecular complexity index is 617. The number of para-hydroxylation sites is 1. The number of nitrogens with zero attached hydrogens (tertiary/aromatic N) is 2. The molecule has 2 aromatic rings. The van der Waals surface area contributed by atoms with E-state index in [1.165, 1.54) is 0 Å². The number of carbonyl (C=O) groups excluding carboxylic acids is 1. The topological polar surface area (TPSA) is 56.1 Å². The van der Waals surface area contributed by atoms with E-state index in [2.05, 4.69) is 10.4 Å². The molecule has 100 valence electrons. The van der Waals surface area contributed by atoms with Gasteiger partial charge in [0, 0.05) is 7.05 Å². The number of ether oxygens (including phenoxy) is 1. The van der Waals surface area contributed by atoms with Gasteiger partial charge in [0.05, 0.1) is 29.7 Å². The number of rotatable bonds is 3. The van der Waals surface area contributed by atoms with E-state index in [-0.39, 0.29) is 5.91 Å². The highest BCUT2D eigenvalue weighted by molar-refractivity contribution is 6.06. The number of hydrogen-bond donors (Lipinski definition) is 1. The molecule has 5 nitrogen and oxygen atoms in total. The fourth-order valence-corrected chi connectivity index (χ4v) is 1.97. The quantitative estimate of drug-likeness (QED) is 0.920. The zero-order valence-corrected chi connectivity index (χ0v) is 11.5. The summed E-state index contributed by atoms with van der Waals surface area (Å²) in [6.07, 6.45) is 0. The molecule has 1 heterocycles. The van der Waals surface area contributed by atoms with E-state index in [4.69, 9.17) is 4.74 Å². The minimum absolute atomic E-state index is 0.198. The van der Waals surface area contributed by atoms with Crippen LogP contribution in [0, 0.1) is 13.8 Å². The van der Waals surface area contributed by atoms with Gasteiger partial charge in [0.1, 0.15) is 5.75 Å². The van der Waals surface area contributed by atoms with Crippen LogP contribution in [0.3, 0.4) is 0 Å². The number of hydrogen-bond acceptors (Lipinski definition) is 3. The smallest absolute Gasteiger partial charge is 0.259 e. The van der Waals surface area contributed by atoms with Gasteiger partial charge < -0.3 is 10.1 Å². The van der Waals surface area contributed by atoms with Crippen LogP contribution in [-0.2, 0) is 7.05 Å². The number of nitrogens with one attached hydrogen (secondary N) is 1. The second-order valence-electron chi connectivity index (χ2n) is 4.32. The van der Waals surface area contributed by atoms with E-state index in [9.17, 15) is 4.79 Å². The highest BCUT2D eigenvalue weighted by atomic mass is 16.5. The van der Waals surface area contributed by atoms with Gasteiger partial charge in [0.2, 0.25) is 0 Å². The lowest BCUT2D eigenvalue weighted by Crippen LogP contribution is -2.14. The fourth-order valence-electron chi connectivity index (χ4n) is 1.97. The highest BCUT2D eigenvalue weighted by Crippen LogP contribution is 2.22.